The summed E-state index contributed by atoms with van der Waals surface area (Å²) in [5, 5.41) is 0. The second-order valence-electron chi connectivity index (χ2n) is 5.01. The highest BCUT2D eigenvalue weighted by atomic mass is 16.5. The van der Waals surface area contributed by atoms with Gasteiger partial charge in [0.25, 0.3) is 0 Å². The number of rotatable bonds is 6. The number of benzene rings is 1. The van der Waals surface area contributed by atoms with E-state index < -0.39 is 0 Å². The minimum Gasteiger partial charge on any atom is -0.493 e. The van der Waals surface area contributed by atoms with Gasteiger partial charge < -0.3 is 15.2 Å². The molecule has 0 aliphatic carbocycles. The quantitative estimate of drug-likeness (QED) is 0.849. The Morgan fingerprint density at radius 3 is 2.74 bits per heavy atom. The molecule has 106 valence electrons. The summed E-state index contributed by atoms with van der Waals surface area (Å²) in [5.41, 5.74) is 6.97. The van der Waals surface area contributed by atoms with Gasteiger partial charge in [-0.1, -0.05) is 6.07 Å². The normalized spacial score (nSPS) is 19.6. The zero-order chi connectivity index (χ0) is 13.7. The molecule has 4 heteroatoms. The van der Waals surface area contributed by atoms with E-state index in [1.54, 1.807) is 14.2 Å². The summed E-state index contributed by atoms with van der Waals surface area (Å²) < 4.78 is 10.6. The van der Waals surface area contributed by atoms with Crippen LogP contribution in [0.15, 0.2) is 18.2 Å². The van der Waals surface area contributed by atoms with Crippen molar-refractivity contribution in [3.63, 3.8) is 0 Å². The third-order valence-corrected chi connectivity index (χ3v) is 3.83. The van der Waals surface area contributed by atoms with Gasteiger partial charge in [-0.25, -0.2) is 0 Å². The second-order valence-corrected chi connectivity index (χ2v) is 5.01. The lowest BCUT2D eigenvalue weighted by Gasteiger charge is -2.24. The van der Waals surface area contributed by atoms with Gasteiger partial charge in [-0.15, -0.1) is 0 Å². The third-order valence-electron chi connectivity index (χ3n) is 3.83. The lowest BCUT2D eigenvalue weighted by Crippen LogP contribution is -2.35. The topological polar surface area (TPSA) is 47.7 Å². The Hall–Kier alpha value is -1.26. The maximum absolute atomic E-state index is 5.67. The lowest BCUT2D eigenvalue weighted by molar-refractivity contribution is 0.259. The van der Waals surface area contributed by atoms with Crippen LogP contribution in [0.2, 0.25) is 0 Å². The van der Waals surface area contributed by atoms with Crippen LogP contribution in [0.4, 0.5) is 0 Å². The molecular weight excluding hydrogens is 240 g/mol. The smallest absolute Gasteiger partial charge is 0.160 e. The SMILES string of the molecule is COc1ccc(CC2CCCN2CCN)cc1OC. The van der Waals surface area contributed by atoms with Gasteiger partial charge in [0.15, 0.2) is 11.5 Å². The van der Waals surface area contributed by atoms with E-state index in [4.69, 9.17) is 15.2 Å². The fourth-order valence-corrected chi connectivity index (χ4v) is 2.87. The molecule has 4 nitrogen and oxygen atoms in total. The molecule has 0 amide bonds. The van der Waals surface area contributed by atoms with Crippen molar-refractivity contribution < 1.29 is 9.47 Å². The fourth-order valence-electron chi connectivity index (χ4n) is 2.87. The van der Waals surface area contributed by atoms with E-state index in [2.05, 4.69) is 17.0 Å². The molecule has 1 aliphatic heterocycles. The van der Waals surface area contributed by atoms with Crippen LogP contribution >= 0.6 is 0 Å². The molecule has 1 aromatic carbocycles. The Bertz CT molecular complexity index is 409. The third kappa shape index (κ3) is 3.39. The molecule has 0 aromatic heterocycles. The van der Waals surface area contributed by atoms with E-state index in [9.17, 15) is 0 Å². The monoisotopic (exact) mass is 264 g/mol. The van der Waals surface area contributed by atoms with Crippen LogP contribution in [-0.4, -0.2) is 44.8 Å². The van der Waals surface area contributed by atoms with E-state index in [0.29, 0.717) is 6.04 Å². The maximum Gasteiger partial charge on any atom is 0.160 e. The van der Waals surface area contributed by atoms with Crippen molar-refractivity contribution in [1.82, 2.24) is 4.90 Å². The molecule has 2 rings (SSSR count). The molecule has 2 N–H and O–H groups in total. The molecule has 1 fully saturated rings. The number of hydrogen-bond acceptors (Lipinski definition) is 4. The van der Waals surface area contributed by atoms with Crippen LogP contribution in [0.5, 0.6) is 11.5 Å². The van der Waals surface area contributed by atoms with E-state index in [0.717, 1.165) is 31.0 Å². The highest BCUT2D eigenvalue weighted by Gasteiger charge is 2.24. The number of ether oxygens (including phenoxy) is 2. The van der Waals surface area contributed by atoms with Gasteiger partial charge in [0.2, 0.25) is 0 Å². The maximum atomic E-state index is 5.67. The number of methoxy groups -OCH3 is 2. The molecule has 0 saturated carbocycles. The molecule has 0 bridgehead atoms. The van der Waals surface area contributed by atoms with Crippen molar-refractivity contribution >= 4 is 0 Å². The second kappa shape index (κ2) is 6.78. The van der Waals surface area contributed by atoms with Gasteiger partial charge >= 0.3 is 0 Å². The Labute approximate surface area is 115 Å². The summed E-state index contributed by atoms with van der Waals surface area (Å²) in [7, 11) is 3.34. The summed E-state index contributed by atoms with van der Waals surface area (Å²) in [4.78, 5) is 2.50. The Balaban J connectivity index is 2.06. The van der Waals surface area contributed by atoms with Gasteiger partial charge in [-0.05, 0) is 43.5 Å². The van der Waals surface area contributed by atoms with Gasteiger partial charge in [0, 0.05) is 19.1 Å². The fraction of sp³-hybridized carbons (Fsp3) is 0.600. The summed E-state index contributed by atoms with van der Waals surface area (Å²) in [6.45, 7) is 2.91. The van der Waals surface area contributed by atoms with Crippen LogP contribution in [0.3, 0.4) is 0 Å². The summed E-state index contributed by atoms with van der Waals surface area (Å²) in [5.74, 6) is 1.60. The molecular formula is C15H24N2O2. The first-order valence-electron chi connectivity index (χ1n) is 6.93. The molecule has 1 aromatic rings. The van der Waals surface area contributed by atoms with Crippen molar-refractivity contribution in [2.24, 2.45) is 5.73 Å². The van der Waals surface area contributed by atoms with Crippen LogP contribution in [0.1, 0.15) is 18.4 Å². The van der Waals surface area contributed by atoms with E-state index in [-0.39, 0.29) is 0 Å². The number of nitrogens with zero attached hydrogens (tertiary/aromatic N) is 1. The van der Waals surface area contributed by atoms with Gasteiger partial charge in [0.1, 0.15) is 0 Å². The van der Waals surface area contributed by atoms with Crippen molar-refractivity contribution in [3.05, 3.63) is 23.8 Å². The molecule has 1 atom stereocenters. The van der Waals surface area contributed by atoms with Crippen LogP contribution in [-0.2, 0) is 6.42 Å². The summed E-state index contributed by atoms with van der Waals surface area (Å²) in [6, 6.07) is 6.80. The van der Waals surface area contributed by atoms with Gasteiger partial charge in [-0.3, -0.25) is 4.90 Å². The summed E-state index contributed by atoms with van der Waals surface area (Å²) >= 11 is 0. The van der Waals surface area contributed by atoms with E-state index >= 15 is 0 Å². The van der Waals surface area contributed by atoms with Crippen molar-refractivity contribution in [3.8, 4) is 11.5 Å². The largest absolute Gasteiger partial charge is 0.493 e. The molecule has 1 saturated heterocycles. The Morgan fingerprint density at radius 1 is 1.26 bits per heavy atom. The lowest BCUT2D eigenvalue weighted by atomic mass is 10.0. The molecule has 1 unspecified atom stereocenters. The van der Waals surface area contributed by atoms with Crippen LogP contribution in [0, 0.1) is 0 Å². The van der Waals surface area contributed by atoms with Gasteiger partial charge in [0.05, 0.1) is 14.2 Å². The number of likely N-dealkylation sites (tertiary alicyclic amines) is 1. The van der Waals surface area contributed by atoms with Gasteiger partial charge in [-0.2, -0.15) is 0 Å². The van der Waals surface area contributed by atoms with E-state index in [1.165, 1.54) is 24.9 Å². The number of nitrogens with two attached hydrogens (primary N) is 1. The minimum absolute atomic E-state index is 0.613. The zero-order valence-electron chi connectivity index (χ0n) is 11.9. The Kier molecular flexibility index (Phi) is 5.05. The first-order valence-corrected chi connectivity index (χ1v) is 6.93. The first kappa shape index (κ1) is 14.2. The molecule has 19 heavy (non-hydrogen) atoms. The molecule has 0 spiro atoms. The van der Waals surface area contributed by atoms with E-state index in [1.807, 2.05) is 6.07 Å². The molecule has 1 heterocycles. The highest BCUT2D eigenvalue weighted by molar-refractivity contribution is 5.43. The van der Waals surface area contributed by atoms with Crippen molar-refractivity contribution in [2.45, 2.75) is 25.3 Å². The van der Waals surface area contributed by atoms with Crippen molar-refractivity contribution in [1.29, 1.82) is 0 Å². The zero-order valence-corrected chi connectivity index (χ0v) is 11.9. The summed E-state index contributed by atoms with van der Waals surface area (Å²) in [6.07, 6.45) is 3.59. The van der Waals surface area contributed by atoms with Crippen LogP contribution in [0.25, 0.3) is 0 Å². The molecule has 1 aliphatic rings. The average molecular weight is 264 g/mol. The standard InChI is InChI=1S/C15H24N2O2/c1-18-14-6-5-12(11-15(14)19-2)10-13-4-3-8-17(13)9-7-16/h5-6,11,13H,3-4,7-10,16H2,1-2H3. The number of hydrogen-bond donors (Lipinski definition) is 1. The Morgan fingerprint density at radius 2 is 2.05 bits per heavy atom. The first-order chi connectivity index (χ1) is 9.28. The highest BCUT2D eigenvalue weighted by Crippen LogP contribution is 2.29. The average Bonchev–Trinajstić information content (AvgIpc) is 2.86. The minimum atomic E-state index is 0.613. The van der Waals surface area contributed by atoms with Crippen molar-refractivity contribution in [2.75, 3.05) is 33.9 Å². The molecule has 0 radical (unpaired) electrons. The predicted molar refractivity (Wildman–Crippen MR) is 76.9 cm³/mol. The predicted octanol–water partition coefficient (Wildman–Crippen LogP) is 1.67. The van der Waals surface area contributed by atoms with Crippen LogP contribution < -0.4 is 15.2 Å².